The molecule has 3 nitrogen and oxygen atoms in total. The second-order valence-corrected chi connectivity index (χ2v) is 3.15. The molecule has 61 valence electrons. The standard InChI is InChI=1S/C8H10BN2O/c10-8-4-6(9-12)3-7(11-8)5-1-2-5/h3-5,12H,1-2H2,(H2,10,11). The van der Waals surface area contributed by atoms with Crippen molar-refractivity contribution in [3.05, 3.63) is 17.8 Å². The Morgan fingerprint density at radius 1 is 1.50 bits per heavy atom. The summed E-state index contributed by atoms with van der Waals surface area (Å²) in [7, 11) is 1.06. The molecule has 0 bridgehead atoms. The summed E-state index contributed by atoms with van der Waals surface area (Å²) in [5.41, 5.74) is 7.31. The van der Waals surface area contributed by atoms with Crippen LogP contribution < -0.4 is 11.2 Å². The molecule has 1 fully saturated rings. The minimum Gasteiger partial charge on any atom is -0.450 e. The van der Waals surface area contributed by atoms with Crippen molar-refractivity contribution >= 4 is 18.8 Å². The van der Waals surface area contributed by atoms with Gasteiger partial charge >= 0.3 is 7.48 Å². The minimum atomic E-state index is 0.486. The number of pyridine rings is 1. The first-order valence-corrected chi connectivity index (χ1v) is 4.04. The van der Waals surface area contributed by atoms with Crippen molar-refractivity contribution < 1.29 is 5.02 Å². The summed E-state index contributed by atoms with van der Waals surface area (Å²) in [6.45, 7) is 0. The van der Waals surface area contributed by atoms with Crippen LogP contribution in [0.25, 0.3) is 0 Å². The van der Waals surface area contributed by atoms with Crippen LogP contribution in [-0.4, -0.2) is 17.5 Å². The Kier molecular flexibility index (Phi) is 1.77. The van der Waals surface area contributed by atoms with Crippen LogP contribution in [0.15, 0.2) is 12.1 Å². The Hall–Kier alpha value is -1.03. The maximum Gasteiger partial charge on any atom is 0.326 e. The lowest BCUT2D eigenvalue weighted by Gasteiger charge is -2.01. The molecule has 1 radical (unpaired) electrons. The van der Waals surface area contributed by atoms with Gasteiger partial charge in [0.1, 0.15) is 5.82 Å². The van der Waals surface area contributed by atoms with Gasteiger partial charge in [-0.05, 0) is 30.4 Å². The third-order valence-corrected chi connectivity index (χ3v) is 2.03. The maximum atomic E-state index is 8.78. The average molecular weight is 161 g/mol. The maximum absolute atomic E-state index is 8.78. The molecule has 1 heterocycles. The zero-order valence-corrected chi connectivity index (χ0v) is 6.70. The molecular weight excluding hydrogens is 151 g/mol. The number of anilines is 1. The molecule has 0 spiro atoms. The van der Waals surface area contributed by atoms with Gasteiger partial charge in [-0.15, -0.1) is 0 Å². The van der Waals surface area contributed by atoms with Crippen molar-refractivity contribution in [1.82, 2.24) is 4.98 Å². The summed E-state index contributed by atoms with van der Waals surface area (Å²) >= 11 is 0. The van der Waals surface area contributed by atoms with Crippen LogP contribution in [0.3, 0.4) is 0 Å². The molecule has 3 N–H and O–H groups in total. The smallest absolute Gasteiger partial charge is 0.326 e. The van der Waals surface area contributed by atoms with E-state index in [-0.39, 0.29) is 0 Å². The Morgan fingerprint density at radius 2 is 2.25 bits per heavy atom. The zero-order chi connectivity index (χ0) is 8.55. The van der Waals surface area contributed by atoms with E-state index in [1.54, 1.807) is 6.07 Å². The Balaban J connectivity index is 2.34. The number of nitrogens with two attached hydrogens (primary N) is 1. The number of hydrogen-bond donors (Lipinski definition) is 2. The zero-order valence-electron chi connectivity index (χ0n) is 6.70. The number of hydrogen-bond acceptors (Lipinski definition) is 3. The molecule has 12 heavy (non-hydrogen) atoms. The van der Waals surface area contributed by atoms with Crippen LogP contribution in [0, 0.1) is 0 Å². The molecular formula is C8H10BN2O. The van der Waals surface area contributed by atoms with E-state index in [0.29, 0.717) is 11.7 Å². The monoisotopic (exact) mass is 161 g/mol. The van der Waals surface area contributed by atoms with Crippen molar-refractivity contribution in [2.75, 3.05) is 5.73 Å². The molecule has 1 aliphatic rings. The summed E-state index contributed by atoms with van der Waals surface area (Å²) in [5.74, 6) is 1.06. The lowest BCUT2D eigenvalue weighted by Crippen LogP contribution is -2.16. The molecule has 0 saturated heterocycles. The van der Waals surface area contributed by atoms with Gasteiger partial charge < -0.3 is 10.8 Å². The third-order valence-electron chi connectivity index (χ3n) is 2.03. The van der Waals surface area contributed by atoms with Gasteiger partial charge in [-0.1, -0.05) is 0 Å². The van der Waals surface area contributed by atoms with Crippen molar-refractivity contribution in [1.29, 1.82) is 0 Å². The van der Waals surface area contributed by atoms with E-state index < -0.39 is 0 Å². The summed E-state index contributed by atoms with van der Waals surface area (Å²) in [4.78, 5) is 4.19. The highest BCUT2D eigenvalue weighted by Crippen LogP contribution is 2.38. The van der Waals surface area contributed by atoms with Gasteiger partial charge in [-0.25, -0.2) is 4.98 Å². The first-order chi connectivity index (χ1) is 5.79. The molecule has 0 atom stereocenters. The second-order valence-electron chi connectivity index (χ2n) is 3.15. The van der Waals surface area contributed by atoms with Crippen molar-refractivity contribution in [2.24, 2.45) is 0 Å². The molecule has 1 aromatic rings. The molecule has 2 rings (SSSR count). The first-order valence-electron chi connectivity index (χ1n) is 4.04. The van der Waals surface area contributed by atoms with E-state index in [2.05, 4.69) is 4.98 Å². The fraction of sp³-hybridized carbons (Fsp3) is 0.375. The number of nitrogens with zero attached hydrogens (tertiary/aromatic N) is 1. The second kappa shape index (κ2) is 2.79. The molecule has 0 unspecified atom stereocenters. The Labute approximate surface area is 71.9 Å². The molecule has 1 saturated carbocycles. The molecule has 0 aliphatic heterocycles. The molecule has 1 aliphatic carbocycles. The summed E-state index contributed by atoms with van der Waals surface area (Å²) in [5, 5.41) is 8.78. The summed E-state index contributed by atoms with van der Waals surface area (Å²) in [6.07, 6.45) is 2.39. The highest BCUT2D eigenvalue weighted by Gasteiger charge is 2.25. The topological polar surface area (TPSA) is 59.1 Å². The lowest BCUT2D eigenvalue weighted by molar-refractivity contribution is 0.615. The van der Waals surface area contributed by atoms with Gasteiger partial charge in [-0.2, -0.15) is 0 Å². The largest absolute Gasteiger partial charge is 0.450 e. The lowest BCUT2D eigenvalue weighted by atomic mass is 9.88. The number of nitrogen functional groups attached to an aromatic ring is 1. The van der Waals surface area contributed by atoms with Crippen molar-refractivity contribution in [3.8, 4) is 0 Å². The van der Waals surface area contributed by atoms with E-state index in [1.165, 1.54) is 12.8 Å². The van der Waals surface area contributed by atoms with Crippen LogP contribution in [0.1, 0.15) is 24.5 Å². The van der Waals surface area contributed by atoms with Crippen molar-refractivity contribution in [3.63, 3.8) is 0 Å². The fourth-order valence-electron chi connectivity index (χ4n) is 1.26. The molecule has 4 heteroatoms. The number of rotatable bonds is 2. The van der Waals surface area contributed by atoms with Gasteiger partial charge in [0.2, 0.25) is 0 Å². The normalized spacial score (nSPS) is 16.1. The van der Waals surface area contributed by atoms with Crippen LogP contribution in [0.4, 0.5) is 5.82 Å². The highest BCUT2D eigenvalue weighted by molar-refractivity contribution is 6.45. The van der Waals surface area contributed by atoms with E-state index in [1.807, 2.05) is 6.07 Å². The Morgan fingerprint density at radius 3 is 2.83 bits per heavy atom. The van der Waals surface area contributed by atoms with Gasteiger partial charge in [0, 0.05) is 11.6 Å². The van der Waals surface area contributed by atoms with E-state index >= 15 is 0 Å². The van der Waals surface area contributed by atoms with Gasteiger partial charge in [0.25, 0.3) is 0 Å². The van der Waals surface area contributed by atoms with Crippen LogP contribution >= 0.6 is 0 Å². The first kappa shape index (κ1) is 7.62. The van der Waals surface area contributed by atoms with Gasteiger partial charge in [-0.3, -0.25) is 0 Å². The summed E-state index contributed by atoms with van der Waals surface area (Å²) < 4.78 is 0. The minimum absolute atomic E-state index is 0.486. The SMILES string of the molecule is Nc1cc([B]O)cc(C2CC2)n1. The molecule has 0 amide bonds. The van der Waals surface area contributed by atoms with Crippen LogP contribution in [0.5, 0.6) is 0 Å². The predicted molar refractivity (Wildman–Crippen MR) is 48.2 cm³/mol. The molecule has 0 aromatic carbocycles. The predicted octanol–water partition coefficient (Wildman–Crippen LogP) is -0.222. The van der Waals surface area contributed by atoms with Gasteiger partial charge in [0.05, 0.1) is 0 Å². The highest BCUT2D eigenvalue weighted by atomic mass is 16.2. The van der Waals surface area contributed by atoms with E-state index in [0.717, 1.165) is 18.6 Å². The van der Waals surface area contributed by atoms with Gasteiger partial charge in [0.15, 0.2) is 0 Å². The molecule has 1 aromatic heterocycles. The Bertz CT molecular complexity index is 299. The average Bonchev–Trinajstić information content (AvgIpc) is 2.85. The quantitative estimate of drug-likeness (QED) is 0.589. The van der Waals surface area contributed by atoms with E-state index in [9.17, 15) is 0 Å². The number of aromatic nitrogens is 1. The van der Waals surface area contributed by atoms with Crippen LogP contribution in [-0.2, 0) is 0 Å². The van der Waals surface area contributed by atoms with Crippen LogP contribution in [0.2, 0.25) is 0 Å². The third kappa shape index (κ3) is 1.43. The fourth-order valence-corrected chi connectivity index (χ4v) is 1.26. The summed E-state index contributed by atoms with van der Waals surface area (Å²) in [6, 6.07) is 3.54. The van der Waals surface area contributed by atoms with Crippen molar-refractivity contribution in [2.45, 2.75) is 18.8 Å². The van der Waals surface area contributed by atoms with E-state index in [4.69, 9.17) is 10.8 Å².